The van der Waals surface area contributed by atoms with Crippen LogP contribution in [0.3, 0.4) is 0 Å². The standard InChI is InChI=1S/C12H20N2O3/c1-13-5-7-14(8-6-13)11(15)9-3-2-4-10(9)12(16)17/h9-10H,2-8H2,1H3,(H,16,17)/t9-,10+/m1/s1. The Morgan fingerprint density at radius 2 is 1.65 bits per heavy atom. The fourth-order valence-electron chi connectivity index (χ4n) is 2.81. The minimum absolute atomic E-state index is 0.0583. The Morgan fingerprint density at radius 1 is 1.06 bits per heavy atom. The molecule has 1 heterocycles. The quantitative estimate of drug-likeness (QED) is 0.752. The molecule has 0 bridgehead atoms. The van der Waals surface area contributed by atoms with E-state index in [9.17, 15) is 9.59 Å². The van der Waals surface area contributed by atoms with Crippen molar-refractivity contribution in [2.24, 2.45) is 11.8 Å². The van der Waals surface area contributed by atoms with Crippen LogP contribution in [-0.2, 0) is 9.59 Å². The zero-order valence-electron chi connectivity index (χ0n) is 10.3. The Kier molecular flexibility index (Phi) is 3.66. The van der Waals surface area contributed by atoms with Crippen molar-refractivity contribution in [1.29, 1.82) is 0 Å². The van der Waals surface area contributed by atoms with E-state index < -0.39 is 11.9 Å². The monoisotopic (exact) mass is 240 g/mol. The summed E-state index contributed by atoms with van der Waals surface area (Å²) >= 11 is 0. The van der Waals surface area contributed by atoms with Crippen LogP contribution < -0.4 is 0 Å². The number of nitrogens with zero attached hydrogens (tertiary/aromatic N) is 2. The number of piperazine rings is 1. The number of carboxylic acid groups (broad SMARTS) is 1. The Morgan fingerprint density at radius 3 is 2.24 bits per heavy atom. The van der Waals surface area contributed by atoms with E-state index in [1.165, 1.54) is 0 Å². The minimum Gasteiger partial charge on any atom is -0.481 e. The summed E-state index contributed by atoms with van der Waals surface area (Å²) in [4.78, 5) is 27.4. The number of rotatable bonds is 2. The second-order valence-corrected chi connectivity index (χ2v) is 5.11. The fraction of sp³-hybridized carbons (Fsp3) is 0.833. The molecule has 1 amide bonds. The van der Waals surface area contributed by atoms with Crippen LogP contribution in [0.1, 0.15) is 19.3 Å². The van der Waals surface area contributed by atoms with Gasteiger partial charge in [0, 0.05) is 26.2 Å². The van der Waals surface area contributed by atoms with Gasteiger partial charge in [0.2, 0.25) is 5.91 Å². The molecule has 5 heteroatoms. The van der Waals surface area contributed by atoms with E-state index in [4.69, 9.17) is 5.11 Å². The van der Waals surface area contributed by atoms with Gasteiger partial charge in [-0.2, -0.15) is 0 Å². The molecular formula is C12H20N2O3. The first-order valence-corrected chi connectivity index (χ1v) is 6.29. The molecule has 0 radical (unpaired) electrons. The summed E-state index contributed by atoms with van der Waals surface area (Å²) in [7, 11) is 2.04. The lowest BCUT2D eigenvalue weighted by atomic mass is 9.94. The molecule has 1 N–H and O–H groups in total. The average molecular weight is 240 g/mol. The molecule has 2 atom stereocenters. The molecular weight excluding hydrogens is 220 g/mol. The molecule has 0 aromatic carbocycles. The third-order valence-electron chi connectivity index (χ3n) is 3.97. The van der Waals surface area contributed by atoms with Crippen molar-refractivity contribution in [2.45, 2.75) is 19.3 Å². The van der Waals surface area contributed by atoms with E-state index in [1.54, 1.807) is 0 Å². The van der Waals surface area contributed by atoms with Gasteiger partial charge in [-0.05, 0) is 19.9 Å². The van der Waals surface area contributed by atoms with Gasteiger partial charge in [0.05, 0.1) is 11.8 Å². The number of carbonyl (C=O) groups excluding carboxylic acids is 1. The van der Waals surface area contributed by atoms with E-state index in [2.05, 4.69) is 4.90 Å². The lowest BCUT2D eigenvalue weighted by Crippen LogP contribution is -2.49. The molecule has 1 aliphatic heterocycles. The predicted octanol–water partition coefficient (Wildman–Crippen LogP) is 0.261. The molecule has 0 aromatic rings. The van der Waals surface area contributed by atoms with Crippen molar-refractivity contribution in [3.05, 3.63) is 0 Å². The zero-order chi connectivity index (χ0) is 12.4. The summed E-state index contributed by atoms with van der Waals surface area (Å²) in [6, 6.07) is 0. The maximum Gasteiger partial charge on any atom is 0.307 e. The van der Waals surface area contributed by atoms with Crippen LogP contribution in [0.25, 0.3) is 0 Å². The third kappa shape index (κ3) is 2.60. The molecule has 0 aromatic heterocycles. The molecule has 96 valence electrons. The van der Waals surface area contributed by atoms with Crippen LogP contribution >= 0.6 is 0 Å². The van der Waals surface area contributed by atoms with Crippen LogP contribution in [0.2, 0.25) is 0 Å². The van der Waals surface area contributed by atoms with Gasteiger partial charge in [-0.25, -0.2) is 0 Å². The van der Waals surface area contributed by atoms with Crippen molar-refractivity contribution in [3.8, 4) is 0 Å². The number of hydrogen-bond donors (Lipinski definition) is 1. The van der Waals surface area contributed by atoms with Crippen LogP contribution in [0.4, 0.5) is 0 Å². The first-order valence-electron chi connectivity index (χ1n) is 6.29. The molecule has 0 spiro atoms. The number of amides is 1. The van der Waals surface area contributed by atoms with Crippen LogP contribution in [0.5, 0.6) is 0 Å². The van der Waals surface area contributed by atoms with Crippen molar-refractivity contribution in [2.75, 3.05) is 33.2 Å². The van der Waals surface area contributed by atoms with Crippen molar-refractivity contribution >= 4 is 11.9 Å². The van der Waals surface area contributed by atoms with Gasteiger partial charge in [0.15, 0.2) is 0 Å². The third-order valence-corrected chi connectivity index (χ3v) is 3.97. The maximum atomic E-state index is 12.3. The normalized spacial score (nSPS) is 30.5. The van der Waals surface area contributed by atoms with Crippen molar-refractivity contribution in [3.63, 3.8) is 0 Å². The number of likely N-dealkylation sites (N-methyl/N-ethyl adjacent to an activating group) is 1. The predicted molar refractivity (Wildman–Crippen MR) is 62.5 cm³/mol. The lowest BCUT2D eigenvalue weighted by Gasteiger charge is -2.34. The van der Waals surface area contributed by atoms with Crippen molar-refractivity contribution < 1.29 is 14.7 Å². The Hall–Kier alpha value is -1.10. The van der Waals surface area contributed by atoms with E-state index in [1.807, 2.05) is 11.9 Å². The second kappa shape index (κ2) is 5.04. The highest BCUT2D eigenvalue weighted by Crippen LogP contribution is 2.33. The molecule has 2 aliphatic rings. The Balaban J connectivity index is 1.97. The molecule has 1 saturated heterocycles. The fourth-order valence-corrected chi connectivity index (χ4v) is 2.81. The maximum absolute atomic E-state index is 12.3. The molecule has 5 nitrogen and oxygen atoms in total. The highest BCUT2D eigenvalue weighted by Gasteiger charge is 2.39. The summed E-state index contributed by atoms with van der Waals surface area (Å²) in [5.41, 5.74) is 0. The largest absolute Gasteiger partial charge is 0.481 e. The summed E-state index contributed by atoms with van der Waals surface area (Å²) in [5.74, 6) is -1.49. The van der Waals surface area contributed by atoms with E-state index in [-0.39, 0.29) is 11.8 Å². The number of aliphatic carboxylic acids is 1. The molecule has 1 saturated carbocycles. The van der Waals surface area contributed by atoms with Gasteiger partial charge in [-0.1, -0.05) is 6.42 Å². The van der Waals surface area contributed by atoms with E-state index >= 15 is 0 Å². The number of carbonyl (C=O) groups is 2. The summed E-state index contributed by atoms with van der Waals surface area (Å²) in [5, 5.41) is 9.09. The summed E-state index contributed by atoms with van der Waals surface area (Å²) < 4.78 is 0. The van der Waals surface area contributed by atoms with Crippen LogP contribution in [0, 0.1) is 11.8 Å². The minimum atomic E-state index is -0.810. The second-order valence-electron chi connectivity index (χ2n) is 5.11. The van der Waals surface area contributed by atoms with Gasteiger partial charge < -0.3 is 14.9 Å². The first-order chi connectivity index (χ1) is 8.09. The zero-order valence-corrected chi connectivity index (χ0v) is 10.3. The van der Waals surface area contributed by atoms with Gasteiger partial charge in [0.25, 0.3) is 0 Å². The van der Waals surface area contributed by atoms with E-state index in [0.29, 0.717) is 6.42 Å². The first kappa shape index (κ1) is 12.4. The molecule has 17 heavy (non-hydrogen) atoms. The highest BCUT2D eigenvalue weighted by molar-refractivity contribution is 5.85. The molecule has 2 fully saturated rings. The highest BCUT2D eigenvalue weighted by atomic mass is 16.4. The van der Waals surface area contributed by atoms with E-state index in [0.717, 1.165) is 39.0 Å². The van der Waals surface area contributed by atoms with Crippen LogP contribution in [-0.4, -0.2) is 60.0 Å². The summed E-state index contributed by atoms with van der Waals surface area (Å²) in [6.07, 6.45) is 2.25. The number of carboxylic acids is 1. The number of hydrogen-bond acceptors (Lipinski definition) is 3. The molecule has 1 aliphatic carbocycles. The Bertz CT molecular complexity index is 311. The Labute approximate surface area is 101 Å². The smallest absolute Gasteiger partial charge is 0.307 e. The average Bonchev–Trinajstić information content (AvgIpc) is 2.78. The summed E-state index contributed by atoms with van der Waals surface area (Å²) in [6.45, 7) is 3.24. The van der Waals surface area contributed by atoms with Gasteiger partial charge in [-0.15, -0.1) is 0 Å². The lowest BCUT2D eigenvalue weighted by molar-refractivity contribution is -0.149. The topological polar surface area (TPSA) is 60.9 Å². The molecule has 0 unspecified atom stereocenters. The SMILES string of the molecule is CN1CCN(C(=O)[C@@H]2CCC[C@@H]2C(=O)O)CC1. The van der Waals surface area contributed by atoms with Gasteiger partial charge in [-0.3, -0.25) is 9.59 Å². The van der Waals surface area contributed by atoms with Crippen LogP contribution in [0.15, 0.2) is 0 Å². The molecule has 2 rings (SSSR count). The van der Waals surface area contributed by atoms with Gasteiger partial charge in [0.1, 0.15) is 0 Å². The van der Waals surface area contributed by atoms with Gasteiger partial charge >= 0.3 is 5.97 Å². The van der Waals surface area contributed by atoms with Crippen molar-refractivity contribution in [1.82, 2.24) is 9.80 Å².